The molecule has 90 valence electrons. The Morgan fingerprint density at radius 3 is 2.38 bits per heavy atom. The molecule has 0 saturated heterocycles. The van der Waals surface area contributed by atoms with Crippen LogP contribution in [0.1, 0.15) is 17.2 Å². The van der Waals surface area contributed by atoms with Crippen molar-refractivity contribution in [3.05, 3.63) is 35.4 Å². The van der Waals surface area contributed by atoms with Gasteiger partial charge in [-0.25, -0.2) is 0 Å². The van der Waals surface area contributed by atoms with Crippen LogP contribution in [0.15, 0.2) is 24.3 Å². The fraction of sp³-hybridized carbons (Fsp3) is 0.400. The molecule has 0 saturated carbocycles. The van der Waals surface area contributed by atoms with Gasteiger partial charge < -0.3 is 10.2 Å². The van der Waals surface area contributed by atoms with E-state index >= 15 is 0 Å². The molecule has 0 aromatic heterocycles. The lowest BCUT2D eigenvalue weighted by molar-refractivity contribution is -0.137. The van der Waals surface area contributed by atoms with Gasteiger partial charge in [-0.15, -0.1) is 11.6 Å². The molecule has 1 aromatic carbocycles. The fourth-order valence-electron chi connectivity index (χ4n) is 1.21. The Morgan fingerprint density at radius 1 is 1.25 bits per heavy atom. The van der Waals surface area contributed by atoms with Gasteiger partial charge in [0.05, 0.1) is 17.5 Å². The smallest absolute Gasteiger partial charge is 0.389 e. The Morgan fingerprint density at radius 2 is 1.88 bits per heavy atom. The number of hydrogen-bond donors (Lipinski definition) is 2. The van der Waals surface area contributed by atoms with Crippen LogP contribution in [-0.4, -0.2) is 22.2 Å². The molecule has 16 heavy (non-hydrogen) atoms. The molecule has 0 spiro atoms. The average Bonchev–Trinajstić information content (AvgIpc) is 2.26. The van der Waals surface area contributed by atoms with E-state index in [1.54, 1.807) is 0 Å². The molecule has 2 N–H and O–H groups in total. The van der Waals surface area contributed by atoms with Crippen LogP contribution in [-0.2, 0) is 6.18 Å². The van der Waals surface area contributed by atoms with Crippen molar-refractivity contribution in [1.82, 2.24) is 0 Å². The predicted molar refractivity (Wildman–Crippen MR) is 53.1 cm³/mol. The van der Waals surface area contributed by atoms with Crippen molar-refractivity contribution < 1.29 is 23.4 Å². The molecule has 0 radical (unpaired) electrons. The first-order valence-corrected chi connectivity index (χ1v) is 4.99. The molecule has 0 heterocycles. The molecule has 0 amide bonds. The molecule has 2 unspecified atom stereocenters. The Kier molecular flexibility index (Phi) is 4.18. The van der Waals surface area contributed by atoms with E-state index in [9.17, 15) is 23.4 Å². The molecule has 0 bridgehead atoms. The number of hydrogen-bond acceptors (Lipinski definition) is 2. The lowest BCUT2D eigenvalue weighted by Crippen LogP contribution is -2.20. The van der Waals surface area contributed by atoms with Gasteiger partial charge in [-0.2, -0.15) is 13.2 Å². The summed E-state index contributed by atoms with van der Waals surface area (Å²) in [5, 5.41) is 18.7. The van der Waals surface area contributed by atoms with E-state index in [-0.39, 0.29) is 11.4 Å². The van der Waals surface area contributed by atoms with E-state index in [1.165, 1.54) is 12.1 Å². The topological polar surface area (TPSA) is 40.5 Å². The zero-order chi connectivity index (χ0) is 12.3. The SMILES string of the molecule is OC(CCl)C(O)c1cccc(C(F)(F)F)c1. The Hall–Kier alpha value is -0.780. The van der Waals surface area contributed by atoms with Crippen LogP contribution >= 0.6 is 11.6 Å². The summed E-state index contributed by atoms with van der Waals surface area (Å²) in [5.74, 6) is -0.253. The highest BCUT2D eigenvalue weighted by Crippen LogP contribution is 2.31. The van der Waals surface area contributed by atoms with Gasteiger partial charge in [0, 0.05) is 0 Å². The van der Waals surface area contributed by atoms with Crippen molar-refractivity contribution in [3.63, 3.8) is 0 Å². The average molecular weight is 255 g/mol. The summed E-state index contributed by atoms with van der Waals surface area (Å²) in [4.78, 5) is 0. The van der Waals surface area contributed by atoms with Crippen LogP contribution in [0, 0.1) is 0 Å². The molecule has 0 aliphatic carbocycles. The lowest BCUT2D eigenvalue weighted by Gasteiger charge is -2.17. The van der Waals surface area contributed by atoms with Crippen molar-refractivity contribution in [3.8, 4) is 0 Å². The van der Waals surface area contributed by atoms with E-state index in [1.807, 2.05) is 0 Å². The summed E-state index contributed by atoms with van der Waals surface area (Å²) in [6.45, 7) is 0. The Balaban J connectivity index is 2.99. The largest absolute Gasteiger partial charge is 0.416 e. The monoisotopic (exact) mass is 254 g/mol. The van der Waals surface area contributed by atoms with Crippen LogP contribution in [0.25, 0.3) is 0 Å². The Labute approximate surface area is 95.3 Å². The summed E-state index contributed by atoms with van der Waals surface area (Å²) in [6, 6.07) is 4.15. The highest BCUT2D eigenvalue weighted by atomic mass is 35.5. The first kappa shape index (κ1) is 13.3. The highest BCUT2D eigenvalue weighted by Gasteiger charge is 2.31. The molecule has 0 aliphatic rings. The highest BCUT2D eigenvalue weighted by molar-refractivity contribution is 6.18. The molecule has 6 heteroatoms. The van der Waals surface area contributed by atoms with Gasteiger partial charge in [0.15, 0.2) is 0 Å². The van der Waals surface area contributed by atoms with E-state index in [4.69, 9.17) is 11.6 Å². The molecule has 1 aromatic rings. The van der Waals surface area contributed by atoms with Crippen LogP contribution in [0.5, 0.6) is 0 Å². The van der Waals surface area contributed by atoms with Gasteiger partial charge in [-0.1, -0.05) is 12.1 Å². The standard InChI is InChI=1S/C10H10ClF3O2/c11-5-8(15)9(16)6-2-1-3-7(4-6)10(12,13)14/h1-4,8-9,15-16H,5H2. The minimum atomic E-state index is -4.47. The van der Waals surface area contributed by atoms with Crippen LogP contribution in [0.3, 0.4) is 0 Å². The second-order valence-electron chi connectivity index (χ2n) is 3.29. The second-order valence-corrected chi connectivity index (χ2v) is 3.60. The maximum absolute atomic E-state index is 12.3. The van der Waals surface area contributed by atoms with Crippen LogP contribution in [0.4, 0.5) is 13.2 Å². The maximum Gasteiger partial charge on any atom is 0.416 e. The third-order valence-electron chi connectivity index (χ3n) is 2.08. The zero-order valence-electron chi connectivity index (χ0n) is 8.08. The van der Waals surface area contributed by atoms with Crippen molar-refractivity contribution in [2.75, 3.05) is 5.88 Å². The third-order valence-corrected chi connectivity index (χ3v) is 2.39. The molecular weight excluding hydrogens is 245 g/mol. The summed E-state index contributed by atoms with van der Waals surface area (Å²) < 4.78 is 37.0. The normalized spacial score (nSPS) is 15.9. The number of aliphatic hydroxyl groups excluding tert-OH is 2. The van der Waals surface area contributed by atoms with Crippen LogP contribution < -0.4 is 0 Å². The van der Waals surface area contributed by atoms with Crippen molar-refractivity contribution in [1.29, 1.82) is 0 Å². The van der Waals surface area contributed by atoms with E-state index in [2.05, 4.69) is 0 Å². The third kappa shape index (κ3) is 3.10. The summed E-state index contributed by atoms with van der Waals surface area (Å²) >= 11 is 5.29. The molecule has 1 rings (SSSR count). The number of benzene rings is 1. The first-order chi connectivity index (χ1) is 7.36. The molecule has 0 aliphatic heterocycles. The minimum absolute atomic E-state index is 0.0111. The molecular formula is C10H10ClF3O2. The lowest BCUT2D eigenvalue weighted by atomic mass is 10.0. The van der Waals surface area contributed by atoms with E-state index in [0.717, 1.165) is 12.1 Å². The number of alkyl halides is 4. The van der Waals surface area contributed by atoms with Crippen molar-refractivity contribution in [2.45, 2.75) is 18.4 Å². The van der Waals surface area contributed by atoms with Gasteiger partial charge in [-0.3, -0.25) is 0 Å². The Bertz CT molecular complexity index is 354. The predicted octanol–water partition coefficient (Wildman–Crippen LogP) is 2.34. The van der Waals surface area contributed by atoms with E-state index in [0.29, 0.717) is 0 Å². The fourth-order valence-corrected chi connectivity index (χ4v) is 1.37. The van der Waals surface area contributed by atoms with Gasteiger partial charge in [0.1, 0.15) is 6.10 Å². The van der Waals surface area contributed by atoms with Crippen molar-refractivity contribution >= 4 is 11.6 Å². The maximum atomic E-state index is 12.3. The van der Waals surface area contributed by atoms with Crippen molar-refractivity contribution in [2.24, 2.45) is 0 Å². The molecule has 2 atom stereocenters. The number of halogens is 4. The van der Waals surface area contributed by atoms with Gasteiger partial charge in [0.2, 0.25) is 0 Å². The summed E-state index contributed by atoms with van der Waals surface area (Å²) in [6.07, 6.45) is -7.17. The minimum Gasteiger partial charge on any atom is -0.389 e. The quantitative estimate of drug-likeness (QED) is 0.813. The molecule has 0 fully saturated rings. The number of aliphatic hydroxyl groups is 2. The summed E-state index contributed by atoms with van der Waals surface area (Å²) in [7, 11) is 0. The number of rotatable bonds is 3. The summed E-state index contributed by atoms with van der Waals surface area (Å²) in [5.41, 5.74) is -0.881. The molecule has 2 nitrogen and oxygen atoms in total. The van der Waals surface area contributed by atoms with Gasteiger partial charge >= 0.3 is 6.18 Å². The van der Waals surface area contributed by atoms with Gasteiger partial charge in [0.25, 0.3) is 0 Å². The zero-order valence-corrected chi connectivity index (χ0v) is 8.83. The second kappa shape index (κ2) is 5.03. The van der Waals surface area contributed by atoms with Gasteiger partial charge in [-0.05, 0) is 17.7 Å². The van der Waals surface area contributed by atoms with E-state index < -0.39 is 23.9 Å². The van der Waals surface area contributed by atoms with Crippen LogP contribution in [0.2, 0.25) is 0 Å². The first-order valence-electron chi connectivity index (χ1n) is 4.45.